The smallest absolute Gasteiger partial charge is 0.260 e. The van der Waals surface area contributed by atoms with Gasteiger partial charge in [-0.25, -0.2) is 9.97 Å². The molecule has 4 aromatic rings. The zero-order valence-corrected chi connectivity index (χ0v) is 26.0. The van der Waals surface area contributed by atoms with Crippen LogP contribution in [0.1, 0.15) is 37.8 Å². The molecule has 230 valence electrons. The fourth-order valence-electron chi connectivity index (χ4n) is 5.70. The second-order valence-corrected chi connectivity index (χ2v) is 13.4. The summed E-state index contributed by atoms with van der Waals surface area (Å²) >= 11 is -1.36. The Morgan fingerprint density at radius 2 is 1.91 bits per heavy atom. The van der Waals surface area contributed by atoms with Crippen molar-refractivity contribution in [3.63, 3.8) is 0 Å². The lowest BCUT2D eigenvalue weighted by Gasteiger charge is -2.29. The molecule has 0 bridgehead atoms. The molecule has 1 unspecified atom stereocenters. The molecule has 11 nitrogen and oxygen atoms in total. The summed E-state index contributed by atoms with van der Waals surface area (Å²) in [4.78, 5) is 34.5. The number of fused-ring (bicyclic) bond motifs is 1. The topological polar surface area (TPSA) is 133 Å². The summed E-state index contributed by atoms with van der Waals surface area (Å²) in [5.74, 6) is 0.518. The third kappa shape index (κ3) is 6.48. The number of ether oxygens (including phenoxy) is 1. The monoisotopic (exact) mass is 614 g/mol. The van der Waals surface area contributed by atoms with Gasteiger partial charge in [-0.1, -0.05) is 6.58 Å². The Morgan fingerprint density at radius 1 is 1.16 bits per heavy atom. The highest BCUT2D eigenvalue weighted by atomic mass is 32.2. The lowest BCUT2D eigenvalue weighted by molar-refractivity contribution is 0.0808. The normalized spacial score (nSPS) is 16.8. The summed E-state index contributed by atoms with van der Waals surface area (Å²) in [6, 6.07) is 10.0. The van der Waals surface area contributed by atoms with Crippen molar-refractivity contribution in [1.82, 2.24) is 29.8 Å². The average Bonchev–Trinajstić information content (AvgIpc) is 3.06. The van der Waals surface area contributed by atoms with E-state index in [0.29, 0.717) is 46.3 Å². The largest absolute Gasteiger partial charge is 0.610 e. The SMILES string of the molecule is C=C(c1cc2cnc(Nc3ccc(N4CCNCC4)cc3)nc2n(Cc2cncnc2[S+]([O-])C(C)C)c1=O)C1CCOCC1. The van der Waals surface area contributed by atoms with Gasteiger partial charge < -0.3 is 24.8 Å². The Hall–Kier alpha value is -3.84. The molecule has 0 saturated carbocycles. The first-order valence-electron chi connectivity index (χ1n) is 15.1. The van der Waals surface area contributed by atoms with Crippen LogP contribution in [-0.4, -0.2) is 73.7 Å². The van der Waals surface area contributed by atoms with Crippen LogP contribution in [0.5, 0.6) is 0 Å². The molecule has 5 heterocycles. The van der Waals surface area contributed by atoms with E-state index in [1.807, 2.05) is 32.0 Å². The number of piperazine rings is 1. The van der Waals surface area contributed by atoms with E-state index in [2.05, 4.69) is 49.2 Å². The molecule has 6 rings (SSSR count). The maximum Gasteiger partial charge on any atom is 0.260 e. The van der Waals surface area contributed by atoms with Crippen molar-refractivity contribution >= 4 is 45.1 Å². The van der Waals surface area contributed by atoms with Crippen LogP contribution in [0.4, 0.5) is 17.3 Å². The molecule has 2 aliphatic rings. The molecule has 0 spiro atoms. The molecule has 0 aliphatic carbocycles. The van der Waals surface area contributed by atoms with E-state index < -0.39 is 11.2 Å². The van der Waals surface area contributed by atoms with Gasteiger partial charge in [0.1, 0.15) is 17.2 Å². The minimum Gasteiger partial charge on any atom is -0.610 e. The number of benzene rings is 1. The molecule has 2 aliphatic heterocycles. The van der Waals surface area contributed by atoms with Gasteiger partial charge in [-0.2, -0.15) is 9.97 Å². The van der Waals surface area contributed by atoms with E-state index >= 15 is 0 Å². The minimum absolute atomic E-state index is 0.106. The van der Waals surface area contributed by atoms with Crippen LogP contribution in [0.15, 0.2) is 65.5 Å². The van der Waals surface area contributed by atoms with Crippen LogP contribution >= 0.6 is 0 Å². The van der Waals surface area contributed by atoms with Crippen LogP contribution < -0.4 is 21.1 Å². The van der Waals surface area contributed by atoms with Crippen molar-refractivity contribution in [2.24, 2.45) is 5.92 Å². The number of anilines is 3. The average molecular weight is 615 g/mol. The summed E-state index contributed by atoms with van der Waals surface area (Å²) in [5.41, 5.74) is 4.17. The third-order valence-corrected chi connectivity index (χ3v) is 9.79. The first-order valence-corrected chi connectivity index (χ1v) is 16.3. The van der Waals surface area contributed by atoms with E-state index in [9.17, 15) is 9.35 Å². The standard InChI is InChI=1S/C32H38N8O3S/c1-21(2)44(42)30-25(17-34-20-36-30)19-40-29-24(16-28(31(40)41)22(3)23-8-14-43-15-9-23)18-35-32(38-29)37-26-4-6-27(7-5-26)39-12-10-33-11-13-39/h4-7,16-18,20-21,23,33H,3,8-15,19H2,1-2H3,(H,35,37,38). The molecular weight excluding hydrogens is 576 g/mol. The van der Waals surface area contributed by atoms with Crippen molar-refractivity contribution in [1.29, 1.82) is 0 Å². The molecule has 2 saturated heterocycles. The van der Waals surface area contributed by atoms with Gasteiger partial charge in [0.15, 0.2) is 0 Å². The molecule has 12 heteroatoms. The van der Waals surface area contributed by atoms with Crippen molar-refractivity contribution in [3.8, 4) is 0 Å². The predicted octanol–water partition coefficient (Wildman–Crippen LogP) is 3.74. The highest BCUT2D eigenvalue weighted by molar-refractivity contribution is 7.92. The molecule has 0 amide bonds. The van der Waals surface area contributed by atoms with Crippen LogP contribution in [0.3, 0.4) is 0 Å². The van der Waals surface area contributed by atoms with Crippen molar-refractivity contribution in [2.75, 3.05) is 49.6 Å². The molecule has 44 heavy (non-hydrogen) atoms. The lowest BCUT2D eigenvalue weighted by atomic mass is 9.88. The maximum atomic E-state index is 14.2. The Morgan fingerprint density at radius 3 is 2.64 bits per heavy atom. The van der Waals surface area contributed by atoms with Crippen LogP contribution in [0.25, 0.3) is 16.6 Å². The van der Waals surface area contributed by atoms with Gasteiger partial charge in [0, 0.05) is 85.3 Å². The molecule has 2 N–H and O–H groups in total. The Balaban J connectivity index is 1.38. The molecular formula is C32H38N8O3S. The molecule has 1 aromatic carbocycles. The van der Waals surface area contributed by atoms with E-state index in [0.717, 1.165) is 50.3 Å². The van der Waals surface area contributed by atoms with Crippen LogP contribution in [0.2, 0.25) is 0 Å². The quantitative estimate of drug-likeness (QED) is 0.212. The predicted molar refractivity (Wildman–Crippen MR) is 174 cm³/mol. The molecule has 1 atom stereocenters. The Bertz CT molecular complexity index is 1680. The van der Waals surface area contributed by atoms with Crippen molar-refractivity contribution in [2.45, 2.75) is 43.5 Å². The third-order valence-electron chi connectivity index (χ3n) is 8.19. The summed E-state index contributed by atoms with van der Waals surface area (Å²) in [6.07, 6.45) is 6.37. The lowest BCUT2D eigenvalue weighted by Crippen LogP contribution is -2.43. The summed E-state index contributed by atoms with van der Waals surface area (Å²) in [7, 11) is 0. The van der Waals surface area contributed by atoms with Crippen molar-refractivity contribution in [3.05, 3.63) is 77.1 Å². The van der Waals surface area contributed by atoms with Gasteiger partial charge in [-0.15, -0.1) is 0 Å². The van der Waals surface area contributed by atoms with E-state index in [-0.39, 0.29) is 23.3 Å². The maximum absolute atomic E-state index is 14.2. The van der Waals surface area contributed by atoms with Gasteiger partial charge in [0.05, 0.1) is 12.1 Å². The highest BCUT2D eigenvalue weighted by Gasteiger charge is 2.25. The number of hydrogen-bond acceptors (Lipinski definition) is 10. The summed E-state index contributed by atoms with van der Waals surface area (Å²) in [5, 5.41) is 7.65. The van der Waals surface area contributed by atoms with E-state index in [4.69, 9.17) is 9.72 Å². The Labute approximate surface area is 260 Å². The number of nitrogens with zero attached hydrogens (tertiary/aromatic N) is 6. The number of nitrogens with one attached hydrogen (secondary N) is 2. The Kier molecular flexibility index (Phi) is 9.22. The van der Waals surface area contributed by atoms with Gasteiger partial charge in [-0.3, -0.25) is 9.36 Å². The fraction of sp³-hybridized carbons (Fsp3) is 0.406. The summed E-state index contributed by atoms with van der Waals surface area (Å²) in [6.45, 7) is 13.4. The second-order valence-electron chi connectivity index (χ2n) is 11.4. The van der Waals surface area contributed by atoms with Gasteiger partial charge >= 0.3 is 0 Å². The van der Waals surface area contributed by atoms with E-state index in [1.165, 1.54) is 12.0 Å². The highest BCUT2D eigenvalue weighted by Crippen LogP contribution is 2.30. The minimum atomic E-state index is -1.36. The van der Waals surface area contributed by atoms with E-state index in [1.54, 1.807) is 17.0 Å². The number of pyridine rings is 1. The fourth-order valence-corrected chi connectivity index (χ4v) is 6.67. The number of allylic oxidation sites excluding steroid dienone is 1. The van der Waals surface area contributed by atoms with Gasteiger partial charge in [0.25, 0.3) is 10.6 Å². The zero-order valence-electron chi connectivity index (χ0n) is 25.2. The van der Waals surface area contributed by atoms with Gasteiger partial charge in [0.2, 0.25) is 5.95 Å². The second kappa shape index (κ2) is 13.4. The number of rotatable bonds is 9. The van der Waals surface area contributed by atoms with Crippen LogP contribution in [0, 0.1) is 5.92 Å². The molecule has 2 fully saturated rings. The van der Waals surface area contributed by atoms with Gasteiger partial charge in [-0.05, 0) is 68.5 Å². The zero-order chi connectivity index (χ0) is 30.6. The first kappa shape index (κ1) is 30.2. The van der Waals surface area contributed by atoms with Crippen molar-refractivity contribution < 1.29 is 9.29 Å². The number of aromatic nitrogens is 5. The first-order chi connectivity index (χ1) is 21.4. The number of hydrogen-bond donors (Lipinski definition) is 2. The molecule has 0 radical (unpaired) electrons. The summed E-state index contributed by atoms with van der Waals surface area (Å²) < 4.78 is 20.3. The molecule has 3 aromatic heterocycles. The van der Waals surface area contributed by atoms with Crippen LogP contribution in [-0.2, 0) is 22.5 Å².